The van der Waals surface area contributed by atoms with E-state index in [0.29, 0.717) is 0 Å². The molecule has 78 valence electrons. The lowest BCUT2D eigenvalue weighted by atomic mass is 10.0. The fraction of sp³-hybridized carbons (Fsp3) is 0.231. The zero-order valence-corrected chi connectivity index (χ0v) is 9.41. The summed E-state index contributed by atoms with van der Waals surface area (Å²) in [4.78, 5) is 0. The predicted molar refractivity (Wildman–Crippen MR) is 66.1 cm³/mol. The molecule has 0 saturated carbocycles. The highest BCUT2D eigenvalue weighted by Crippen LogP contribution is 2.10. The highest BCUT2D eigenvalue weighted by atomic mass is 32.1. The maximum Gasteiger partial charge on any atom is 0.0120 e. The Bertz CT molecular complexity index is 380. The summed E-state index contributed by atoms with van der Waals surface area (Å²) < 4.78 is 0. The Hall–Kier alpha value is -1.12. The van der Waals surface area contributed by atoms with E-state index in [4.69, 9.17) is 5.73 Å². The number of nitrogens with two attached hydrogens (primary N) is 1. The molecule has 0 bridgehead atoms. The lowest BCUT2D eigenvalue weighted by Gasteiger charge is -2.10. The molecule has 1 unspecified atom stereocenters. The molecule has 0 amide bonds. The van der Waals surface area contributed by atoms with Crippen molar-refractivity contribution < 1.29 is 0 Å². The molecule has 2 aromatic rings. The van der Waals surface area contributed by atoms with Gasteiger partial charge in [-0.15, -0.1) is 0 Å². The van der Waals surface area contributed by atoms with Gasteiger partial charge in [-0.1, -0.05) is 30.3 Å². The molecule has 0 fully saturated rings. The second-order valence-corrected chi connectivity index (χ2v) is 4.57. The summed E-state index contributed by atoms with van der Waals surface area (Å²) in [5.41, 5.74) is 8.77. The SMILES string of the molecule is NC(Cc1ccccc1)Cc1ccsc1. The Labute approximate surface area is 94.6 Å². The third-order valence-corrected chi connectivity index (χ3v) is 3.15. The third kappa shape index (κ3) is 3.18. The van der Waals surface area contributed by atoms with Crippen LogP contribution >= 0.6 is 11.3 Å². The minimum atomic E-state index is 0.224. The van der Waals surface area contributed by atoms with Crippen molar-refractivity contribution in [1.82, 2.24) is 0 Å². The quantitative estimate of drug-likeness (QED) is 0.837. The zero-order chi connectivity index (χ0) is 10.5. The topological polar surface area (TPSA) is 26.0 Å². The average Bonchev–Trinajstić information content (AvgIpc) is 2.71. The van der Waals surface area contributed by atoms with Crippen LogP contribution in [0.4, 0.5) is 0 Å². The Morgan fingerprint density at radius 3 is 2.40 bits per heavy atom. The van der Waals surface area contributed by atoms with E-state index >= 15 is 0 Å². The van der Waals surface area contributed by atoms with Gasteiger partial charge in [0.1, 0.15) is 0 Å². The largest absolute Gasteiger partial charge is 0.327 e. The number of hydrogen-bond acceptors (Lipinski definition) is 2. The first-order valence-corrected chi connectivity index (χ1v) is 6.09. The first kappa shape index (κ1) is 10.4. The number of rotatable bonds is 4. The molecule has 0 aliphatic carbocycles. The van der Waals surface area contributed by atoms with Crippen molar-refractivity contribution in [2.75, 3.05) is 0 Å². The van der Waals surface area contributed by atoms with Crippen LogP contribution in [0.1, 0.15) is 11.1 Å². The van der Waals surface area contributed by atoms with E-state index in [1.807, 2.05) is 6.07 Å². The van der Waals surface area contributed by atoms with Gasteiger partial charge in [0.25, 0.3) is 0 Å². The smallest absolute Gasteiger partial charge is 0.0120 e. The summed E-state index contributed by atoms with van der Waals surface area (Å²) >= 11 is 1.73. The summed E-state index contributed by atoms with van der Waals surface area (Å²) in [6, 6.07) is 12.8. The lowest BCUT2D eigenvalue weighted by Crippen LogP contribution is -2.25. The van der Waals surface area contributed by atoms with E-state index in [2.05, 4.69) is 41.1 Å². The van der Waals surface area contributed by atoms with Crippen molar-refractivity contribution in [2.45, 2.75) is 18.9 Å². The normalized spacial score (nSPS) is 12.6. The molecule has 0 spiro atoms. The van der Waals surface area contributed by atoms with Crippen molar-refractivity contribution in [3.8, 4) is 0 Å². The number of benzene rings is 1. The van der Waals surface area contributed by atoms with Crippen molar-refractivity contribution in [3.05, 3.63) is 58.3 Å². The van der Waals surface area contributed by atoms with Gasteiger partial charge >= 0.3 is 0 Å². The van der Waals surface area contributed by atoms with Crippen molar-refractivity contribution in [1.29, 1.82) is 0 Å². The number of thiophene rings is 1. The molecule has 15 heavy (non-hydrogen) atoms. The van der Waals surface area contributed by atoms with E-state index < -0.39 is 0 Å². The summed E-state index contributed by atoms with van der Waals surface area (Å²) in [6.45, 7) is 0. The third-order valence-electron chi connectivity index (χ3n) is 2.42. The van der Waals surface area contributed by atoms with Crippen LogP contribution in [0.5, 0.6) is 0 Å². The number of hydrogen-bond donors (Lipinski definition) is 1. The molecule has 1 aromatic heterocycles. The monoisotopic (exact) mass is 217 g/mol. The van der Waals surface area contributed by atoms with Crippen molar-refractivity contribution in [3.63, 3.8) is 0 Å². The molecule has 2 rings (SSSR count). The van der Waals surface area contributed by atoms with E-state index in [0.717, 1.165) is 12.8 Å². The summed E-state index contributed by atoms with van der Waals surface area (Å²) in [5, 5.41) is 4.27. The Kier molecular flexibility index (Phi) is 3.54. The van der Waals surface area contributed by atoms with Crippen LogP contribution in [0.2, 0.25) is 0 Å². The minimum Gasteiger partial charge on any atom is -0.327 e. The van der Waals surface area contributed by atoms with Crippen LogP contribution < -0.4 is 5.73 Å². The summed E-state index contributed by atoms with van der Waals surface area (Å²) in [6.07, 6.45) is 1.93. The molecule has 2 N–H and O–H groups in total. The van der Waals surface area contributed by atoms with Crippen LogP contribution in [0, 0.1) is 0 Å². The van der Waals surface area contributed by atoms with Gasteiger partial charge in [0.05, 0.1) is 0 Å². The molecule has 1 aromatic carbocycles. The Balaban J connectivity index is 1.90. The lowest BCUT2D eigenvalue weighted by molar-refractivity contribution is 0.666. The van der Waals surface area contributed by atoms with Crippen LogP contribution in [0.25, 0.3) is 0 Å². The average molecular weight is 217 g/mol. The molecule has 1 atom stereocenters. The van der Waals surface area contributed by atoms with Crippen molar-refractivity contribution >= 4 is 11.3 Å². The van der Waals surface area contributed by atoms with Gasteiger partial charge in [0.15, 0.2) is 0 Å². The maximum atomic E-state index is 6.10. The minimum absolute atomic E-state index is 0.224. The van der Waals surface area contributed by atoms with Crippen LogP contribution in [-0.4, -0.2) is 6.04 Å². The molecular formula is C13H15NS. The molecule has 0 saturated heterocycles. The van der Waals surface area contributed by atoms with Crippen molar-refractivity contribution in [2.24, 2.45) is 5.73 Å². The van der Waals surface area contributed by atoms with Gasteiger partial charge in [0.2, 0.25) is 0 Å². The second-order valence-electron chi connectivity index (χ2n) is 3.79. The summed E-state index contributed by atoms with van der Waals surface area (Å²) in [7, 11) is 0. The van der Waals surface area contributed by atoms with Gasteiger partial charge in [0, 0.05) is 6.04 Å². The Morgan fingerprint density at radius 1 is 1.00 bits per heavy atom. The van der Waals surface area contributed by atoms with E-state index in [-0.39, 0.29) is 6.04 Å². The van der Waals surface area contributed by atoms with E-state index in [1.54, 1.807) is 11.3 Å². The fourth-order valence-electron chi connectivity index (χ4n) is 1.70. The molecular weight excluding hydrogens is 202 g/mol. The standard InChI is InChI=1S/C13H15NS/c14-13(9-12-6-7-15-10-12)8-11-4-2-1-3-5-11/h1-7,10,13H,8-9,14H2. The highest BCUT2D eigenvalue weighted by molar-refractivity contribution is 7.07. The fourth-order valence-corrected chi connectivity index (χ4v) is 2.38. The van der Waals surface area contributed by atoms with Gasteiger partial charge in [-0.3, -0.25) is 0 Å². The predicted octanol–water partition coefficient (Wildman–Crippen LogP) is 2.86. The van der Waals surface area contributed by atoms with Crippen LogP contribution in [0.15, 0.2) is 47.2 Å². The Morgan fingerprint density at radius 2 is 1.73 bits per heavy atom. The van der Waals surface area contributed by atoms with Crippen LogP contribution in [0.3, 0.4) is 0 Å². The molecule has 1 heterocycles. The molecule has 1 nitrogen and oxygen atoms in total. The van der Waals surface area contributed by atoms with E-state index in [9.17, 15) is 0 Å². The molecule has 0 radical (unpaired) electrons. The molecule has 2 heteroatoms. The molecule has 0 aliphatic heterocycles. The van der Waals surface area contributed by atoms with Gasteiger partial charge < -0.3 is 5.73 Å². The molecule has 0 aliphatic rings. The first-order chi connectivity index (χ1) is 7.34. The summed E-state index contributed by atoms with van der Waals surface area (Å²) in [5.74, 6) is 0. The van der Waals surface area contributed by atoms with Gasteiger partial charge in [-0.25, -0.2) is 0 Å². The van der Waals surface area contributed by atoms with E-state index in [1.165, 1.54) is 11.1 Å². The maximum absolute atomic E-state index is 6.10. The van der Waals surface area contributed by atoms with Gasteiger partial charge in [-0.05, 0) is 40.8 Å². The highest BCUT2D eigenvalue weighted by Gasteiger charge is 2.05. The van der Waals surface area contributed by atoms with Gasteiger partial charge in [-0.2, -0.15) is 11.3 Å². The van der Waals surface area contributed by atoms with Crippen LogP contribution in [-0.2, 0) is 12.8 Å². The second kappa shape index (κ2) is 5.10. The zero-order valence-electron chi connectivity index (χ0n) is 8.60. The first-order valence-electron chi connectivity index (χ1n) is 5.15.